The van der Waals surface area contributed by atoms with E-state index in [0.29, 0.717) is 13.0 Å². The molecule has 1 fully saturated rings. The van der Waals surface area contributed by atoms with Gasteiger partial charge in [0.15, 0.2) is 6.29 Å². The Morgan fingerprint density at radius 1 is 0.542 bits per heavy atom. The number of allylic oxidation sites excluding steroid dienone is 8. The van der Waals surface area contributed by atoms with Crippen LogP contribution in [-0.4, -0.2) is 89.6 Å². The van der Waals surface area contributed by atoms with E-state index in [0.717, 1.165) is 70.6 Å². The molecule has 6 unspecified atom stereocenters. The fraction of sp³-hybridized carbons (Fsp3) is 0.820. The lowest BCUT2D eigenvalue weighted by Crippen LogP contribution is -2.59. The molecule has 0 saturated carbocycles. The molecule has 9 heteroatoms. The zero-order chi connectivity index (χ0) is 42.9. The summed E-state index contributed by atoms with van der Waals surface area (Å²) in [4.78, 5) is 12.7. The summed E-state index contributed by atoms with van der Waals surface area (Å²) in [5.74, 6) is -0.327. The van der Waals surface area contributed by atoms with Crippen molar-refractivity contribution in [1.29, 1.82) is 0 Å². The second-order valence-corrected chi connectivity index (χ2v) is 16.6. The molecule has 0 amide bonds. The van der Waals surface area contributed by atoms with Crippen LogP contribution in [0.2, 0.25) is 0 Å². The lowest BCUT2D eigenvalue weighted by molar-refractivity contribution is -0.305. The van der Waals surface area contributed by atoms with Gasteiger partial charge in [0.1, 0.15) is 30.5 Å². The highest BCUT2D eigenvalue weighted by molar-refractivity contribution is 5.69. The summed E-state index contributed by atoms with van der Waals surface area (Å²) in [6.45, 7) is 4.47. The largest absolute Gasteiger partial charge is 0.457 e. The highest BCUT2D eigenvalue weighted by atomic mass is 16.7. The standard InChI is InChI=1S/C50H90O9/c1-3-5-7-9-11-13-15-16-17-18-19-20-21-22-23-24-25-26-27-28-29-30-32-34-36-38-40-56-42-44(43-57-50-49(55)48(54)47(53)45(41-51)59-50)58-46(52)39-37-35-33-31-14-12-10-8-6-4-2/h8,10,15-16,18-19,21-22,44-45,47-51,53-55H,3-7,9,11-14,17,20,23-43H2,1-2H3/b10-8-,16-15-,19-18-,22-21-. The minimum Gasteiger partial charge on any atom is -0.457 e. The van der Waals surface area contributed by atoms with Crippen LogP contribution >= 0.6 is 0 Å². The summed E-state index contributed by atoms with van der Waals surface area (Å²) in [6.07, 6.45) is 44.4. The topological polar surface area (TPSA) is 135 Å². The third-order valence-corrected chi connectivity index (χ3v) is 10.9. The molecule has 0 aromatic carbocycles. The van der Waals surface area contributed by atoms with Crippen molar-refractivity contribution in [3.8, 4) is 0 Å². The molecule has 0 spiro atoms. The molecule has 0 aromatic heterocycles. The average Bonchev–Trinajstić information content (AvgIpc) is 3.24. The monoisotopic (exact) mass is 835 g/mol. The number of esters is 1. The van der Waals surface area contributed by atoms with Crippen LogP contribution < -0.4 is 0 Å². The van der Waals surface area contributed by atoms with Crippen LogP contribution in [0.3, 0.4) is 0 Å². The number of hydrogen-bond acceptors (Lipinski definition) is 9. The normalized spacial score (nSPS) is 20.5. The van der Waals surface area contributed by atoms with Gasteiger partial charge in [-0.05, 0) is 70.6 Å². The quantitative estimate of drug-likeness (QED) is 0.0270. The Hall–Kier alpha value is -1.85. The van der Waals surface area contributed by atoms with Crippen LogP contribution in [0, 0.1) is 0 Å². The first kappa shape index (κ1) is 55.2. The molecule has 0 radical (unpaired) electrons. The van der Waals surface area contributed by atoms with Gasteiger partial charge < -0.3 is 39.4 Å². The minimum atomic E-state index is -1.54. The number of ether oxygens (including phenoxy) is 4. The average molecular weight is 835 g/mol. The van der Waals surface area contributed by atoms with Crippen molar-refractivity contribution in [2.45, 2.75) is 237 Å². The fourth-order valence-electron chi connectivity index (χ4n) is 7.15. The van der Waals surface area contributed by atoms with Crippen LogP contribution in [0.25, 0.3) is 0 Å². The van der Waals surface area contributed by atoms with Gasteiger partial charge in [0.05, 0.1) is 19.8 Å². The van der Waals surface area contributed by atoms with Crippen LogP contribution in [0.4, 0.5) is 0 Å². The van der Waals surface area contributed by atoms with Crippen LogP contribution in [-0.2, 0) is 23.7 Å². The summed E-state index contributed by atoms with van der Waals surface area (Å²) < 4.78 is 22.8. The summed E-state index contributed by atoms with van der Waals surface area (Å²) >= 11 is 0. The first-order valence-electron chi connectivity index (χ1n) is 24.2. The maximum Gasteiger partial charge on any atom is 0.306 e. The van der Waals surface area contributed by atoms with Crippen molar-refractivity contribution in [2.75, 3.05) is 26.4 Å². The van der Waals surface area contributed by atoms with E-state index >= 15 is 0 Å². The smallest absolute Gasteiger partial charge is 0.306 e. The zero-order valence-corrected chi connectivity index (χ0v) is 37.7. The maximum absolute atomic E-state index is 12.7. The number of aliphatic hydroxyl groups excluding tert-OH is 4. The summed E-state index contributed by atoms with van der Waals surface area (Å²) in [5.41, 5.74) is 0. The molecule has 6 atom stereocenters. The van der Waals surface area contributed by atoms with Gasteiger partial charge in [-0.15, -0.1) is 0 Å². The van der Waals surface area contributed by atoms with E-state index in [-0.39, 0.29) is 19.2 Å². The van der Waals surface area contributed by atoms with Gasteiger partial charge in [0, 0.05) is 13.0 Å². The van der Waals surface area contributed by atoms with Crippen molar-refractivity contribution >= 4 is 5.97 Å². The van der Waals surface area contributed by atoms with Gasteiger partial charge in [-0.3, -0.25) is 4.79 Å². The third-order valence-electron chi connectivity index (χ3n) is 10.9. The maximum atomic E-state index is 12.7. The van der Waals surface area contributed by atoms with E-state index in [1.807, 2.05) is 0 Å². The first-order chi connectivity index (χ1) is 28.9. The second-order valence-electron chi connectivity index (χ2n) is 16.6. The Kier molecular flexibility index (Phi) is 38.8. The van der Waals surface area contributed by atoms with Crippen molar-refractivity contribution in [1.82, 2.24) is 0 Å². The second kappa shape index (κ2) is 41.5. The molecule has 1 aliphatic rings. The number of aliphatic hydroxyl groups is 4. The fourth-order valence-corrected chi connectivity index (χ4v) is 7.15. The molecule has 4 N–H and O–H groups in total. The summed E-state index contributed by atoms with van der Waals surface area (Å²) in [7, 11) is 0. The molecule has 9 nitrogen and oxygen atoms in total. The number of unbranched alkanes of at least 4 members (excludes halogenated alkanes) is 22. The molecule has 1 heterocycles. The first-order valence-corrected chi connectivity index (χ1v) is 24.2. The van der Waals surface area contributed by atoms with Crippen molar-refractivity contribution < 1.29 is 44.2 Å². The molecule has 59 heavy (non-hydrogen) atoms. The number of carbonyl (C=O) groups is 1. The molecule has 0 aromatic rings. The van der Waals surface area contributed by atoms with Gasteiger partial charge in [0.25, 0.3) is 0 Å². The van der Waals surface area contributed by atoms with Crippen LogP contribution in [0.5, 0.6) is 0 Å². The summed E-state index contributed by atoms with van der Waals surface area (Å²) in [5, 5.41) is 40.1. The van der Waals surface area contributed by atoms with E-state index in [1.54, 1.807) is 0 Å². The Morgan fingerprint density at radius 3 is 1.56 bits per heavy atom. The molecule has 1 saturated heterocycles. The van der Waals surface area contributed by atoms with Crippen molar-refractivity contribution in [3.63, 3.8) is 0 Å². The Balaban J connectivity index is 2.15. The van der Waals surface area contributed by atoms with E-state index in [4.69, 9.17) is 18.9 Å². The SMILES string of the molecule is CCC/C=C\CCCCCCCC(=O)OC(COCCCCCCCCCCCCC/C=C\C/C=C\C/C=C\CCCCCCC)COC1OC(CO)C(O)C(O)C1O. The number of carbonyl (C=O) groups excluding carboxylic acids is 1. The molecular weight excluding hydrogens is 745 g/mol. The zero-order valence-electron chi connectivity index (χ0n) is 37.7. The van der Waals surface area contributed by atoms with Crippen LogP contribution in [0.15, 0.2) is 48.6 Å². The molecule has 1 rings (SSSR count). The summed E-state index contributed by atoms with van der Waals surface area (Å²) in [6, 6.07) is 0. The molecule has 344 valence electrons. The van der Waals surface area contributed by atoms with Gasteiger partial charge in [-0.25, -0.2) is 0 Å². The van der Waals surface area contributed by atoms with Gasteiger partial charge in [-0.1, -0.05) is 172 Å². The molecule has 0 bridgehead atoms. The van der Waals surface area contributed by atoms with Crippen molar-refractivity contribution in [3.05, 3.63) is 48.6 Å². The molecular formula is C50H90O9. The highest BCUT2D eigenvalue weighted by Gasteiger charge is 2.44. The van der Waals surface area contributed by atoms with E-state index in [9.17, 15) is 25.2 Å². The van der Waals surface area contributed by atoms with Crippen LogP contribution in [0.1, 0.15) is 200 Å². The predicted molar refractivity (Wildman–Crippen MR) is 242 cm³/mol. The van der Waals surface area contributed by atoms with Crippen molar-refractivity contribution in [2.24, 2.45) is 0 Å². The third kappa shape index (κ3) is 32.5. The Bertz CT molecular complexity index is 1040. The van der Waals surface area contributed by atoms with Gasteiger partial charge >= 0.3 is 5.97 Å². The van der Waals surface area contributed by atoms with E-state index < -0.39 is 43.4 Å². The number of rotatable bonds is 41. The minimum absolute atomic E-state index is 0.118. The van der Waals surface area contributed by atoms with Gasteiger partial charge in [0.2, 0.25) is 0 Å². The van der Waals surface area contributed by atoms with E-state index in [2.05, 4.69) is 62.5 Å². The van der Waals surface area contributed by atoms with Gasteiger partial charge in [-0.2, -0.15) is 0 Å². The lowest BCUT2D eigenvalue weighted by Gasteiger charge is -2.39. The lowest BCUT2D eigenvalue weighted by atomic mass is 9.99. The Labute approximate surface area is 361 Å². The van der Waals surface area contributed by atoms with E-state index in [1.165, 1.54) is 109 Å². The number of hydrogen-bond donors (Lipinski definition) is 4. The Morgan fingerprint density at radius 2 is 1.02 bits per heavy atom. The highest BCUT2D eigenvalue weighted by Crippen LogP contribution is 2.22. The molecule has 1 aliphatic heterocycles. The predicted octanol–water partition coefficient (Wildman–Crippen LogP) is 11.3. The molecule has 0 aliphatic carbocycles.